The standard InChI is InChI=1S/C12H17N3OS2/c16-11(9-7-17-6-5-13-9)15-12-14-8-3-1-2-4-10(8)18-12/h9,13H,1-7H2,(H,14,15,16). The molecule has 1 atom stereocenters. The Hall–Kier alpha value is -0.590. The summed E-state index contributed by atoms with van der Waals surface area (Å²) in [4.78, 5) is 18.0. The molecule has 6 heteroatoms. The van der Waals surface area contributed by atoms with Gasteiger partial charge in [-0.1, -0.05) is 0 Å². The van der Waals surface area contributed by atoms with Crippen LogP contribution in [0.15, 0.2) is 0 Å². The lowest BCUT2D eigenvalue weighted by Crippen LogP contribution is -2.46. The van der Waals surface area contributed by atoms with Crippen molar-refractivity contribution in [1.82, 2.24) is 10.3 Å². The zero-order chi connectivity index (χ0) is 12.4. The molecule has 2 heterocycles. The van der Waals surface area contributed by atoms with E-state index in [0.29, 0.717) is 0 Å². The van der Waals surface area contributed by atoms with Gasteiger partial charge in [-0.05, 0) is 25.7 Å². The number of amides is 1. The van der Waals surface area contributed by atoms with E-state index in [1.807, 2.05) is 11.8 Å². The minimum Gasteiger partial charge on any atom is -0.304 e. The molecule has 98 valence electrons. The Morgan fingerprint density at radius 2 is 2.28 bits per heavy atom. The molecule has 0 aromatic carbocycles. The predicted molar refractivity (Wildman–Crippen MR) is 76.5 cm³/mol. The second-order valence-electron chi connectivity index (χ2n) is 4.67. The van der Waals surface area contributed by atoms with Crippen LogP contribution in [0.3, 0.4) is 0 Å². The topological polar surface area (TPSA) is 54.0 Å². The third kappa shape index (κ3) is 2.70. The van der Waals surface area contributed by atoms with E-state index in [-0.39, 0.29) is 11.9 Å². The number of carbonyl (C=O) groups is 1. The van der Waals surface area contributed by atoms with Crippen LogP contribution in [0.2, 0.25) is 0 Å². The first kappa shape index (κ1) is 12.4. The molecule has 1 fully saturated rings. The Kier molecular flexibility index (Phi) is 3.86. The van der Waals surface area contributed by atoms with E-state index >= 15 is 0 Å². The second kappa shape index (κ2) is 5.59. The number of aromatic nitrogens is 1. The summed E-state index contributed by atoms with van der Waals surface area (Å²) in [5.41, 5.74) is 1.20. The summed E-state index contributed by atoms with van der Waals surface area (Å²) in [7, 11) is 0. The smallest absolute Gasteiger partial charge is 0.244 e. The van der Waals surface area contributed by atoms with Crippen molar-refractivity contribution in [3.05, 3.63) is 10.6 Å². The molecule has 0 saturated carbocycles. The highest BCUT2D eigenvalue weighted by Gasteiger charge is 2.23. The van der Waals surface area contributed by atoms with Crippen LogP contribution in [0.5, 0.6) is 0 Å². The second-order valence-corrected chi connectivity index (χ2v) is 6.90. The maximum absolute atomic E-state index is 12.1. The number of thiazole rings is 1. The lowest BCUT2D eigenvalue weighted by molar-refractivity contribution is -0.117. The van der Waals surface area contributed by atoms with E-state index < -0.39 is 0 Å². The zero-order valence-electron chi connectivity index (χ0n) is 10.2. The van der Waals surface area contributed by atoms with Gasteiger partial charge in [0.1, 0.15) is 0 Å². The summed E-state index contributed by atoms with van der Waals surface area (Å²) in [5, 5.41) is 6.99. The van der Waals surface area contributed by atoms with E-state index in [4.69, 9.17) is 0 Å². The fourth-order valence-electron chi connectivity index (χ4n) is 2.33. The number of hydrogen-bond acceptors (Lipinski definition) is 5. The monoisotopic (exact) mass is 283 g/mol. The van der Waals surface area contributed by atoms with Crippen LogP contribution in [0.25, 0.3) is 0 Å². The van der Waals surface area contributed by atoms with Gasteiger partial charge in [-0.15, -0.1) is 11.3 Å². The number of carbonyl (C=O) groups excluding carboxylic acids is 1. The molecule has 1 unspecified atom stereocenters. The number of hydrogen-bond donors (Lipinski definition) is 2. The summed E-state index contributed by atoms with van der Waals surface area (Å²) in [6.45, 7) is 0.914. The molecule has 2 N–H and O–H groups in total. The largest absolute Gasteiger partial charge is 0.304 e. The first-order chi connectivity index (χ1) is 8.83. The Balaban J connectivity index is 1.64. The van der Waals surface area contributed by atoms with Crippen molar-refractivity contribution >= 4 is 34.1 Å². The molecule has 1 aromatic heterocycles. The van der Waals surface area contributed by atoms with Crippen LogP contribution in [-0.4, -0.2) is 35.0 Å². The Morgan fingerprint density at radius 1 is 1.39 bits per heavy atom. The molecule has 4 nitrogen and oxygen atoms in total. The van der Waals surface area contributed by atoms with E-state index in [2.05, 4.69) is 15.6 Å². The maximum Gasteiger partial charge on any atom is 0.244 e. The summed E-state index contributed by atoms with van der Waals surface area (Å²) < 4.78 is 0. The van der Waals surface area contributed by atoms with Gasteiger partial charge in [0.25, 0.3) is 0 Å². The number of anilines is 1. The van der Waals surface area contributed by atoms with E-state index in [1.165, 1.54) is 23.4 Å². The number of nitrogens with one attached hydrogen (secondary N) is 2. The van der Waals surface area contributed by atoms with Crippen molar-refractivity contribution in [2.24, 2.45) is 0 Å². The SMILES string of the molecule is O=C(Nc1nc2c(s1)CCCC2)C1CSCCN1. The van der Waals surface area contributed by atoms with Gasteiger partial charge in [0, 0.05) is 22.9 Å². The third-order valence-electron chi connectivity index (χ3n) is 3.31. The van der Waals surface area contributed by atoms with Crippen LogP contribution in [0, 0.1) is 0 Å². The van der Waals surface area contributed by atoms with Gasteiger partial charge in [-0.2, -0.15) is 11.8 Å². The van der Waals surface area contributed by atoms with Crippen LogP contribution in [-0.2, 0) is 17.6 Å². The molecular formula is C12H17N3OS2. The van der Waals surface area contributed by atoms with Gasteiger partial charge in [0.15, 0.2) is 5.13 Å². The number of rotatable bonds is 2. The quantitative estimate of drug-likeness (QED) is 0.867. The van der Waals surface area contributed by atoms with E-state index in [1.54, 1.807) is 11.3 Å². The predicted octanol–water partition coefficient (Wildman–Crippen LogP) is 1.67. The Bertz CT molecular complexity index is 417. The third-order valence-corrected chi connectivity index (χ3v) is 5.45. The zero-order valence-corrected chi connectivity index (χ0v) is 11.8. The number of aryl methyl sites for hydroxylation is 2. The van der Waals surface area contributed by atoms with Crippen molar-refractivity contribution in [2.75, 3.05) is 23.4 Å². The molecule has 2 aliphatic rings. The fourth-order valence-corrected chi connectivity index (χ4v) is 4.32. The van der Waals surface area contributed by atoms with Gasteiger partial charge >= 0.3 is 0 Å². The molecule has 0 spiro atoms. The molecule has 18 heavy (non-hydrogen) atoms. The summed E-state index contributed by atoms with van der Waals surface area (Å²) in [6, 6.07) is -0.0651. The van der Waals surface area contributed by atoms with Gasteiger partial charge in [-0.25, -0.2) is 4.98 Å². The molecule has 0 radical (unpaired) electrons. The normalized spacial score (nSPS) is 23.4. The summed E-state index contributed by atoms with van der Waals surface area (Å²) in [5.74, 6) is 2.01. The van der Waals surface area contributed by atoms with Gasteiger partial charge < -0.3 is 10.6 Å². The van der Waals surface area contributed by atoms with Crippen LogP contribution < -0.4 is 10.6 Å². The average molecular weight is 283 g/mol. The first-order valence-corrected chi connectivity index (χ1v) is 8.40. The summed E-state index contributed by atoms with van der Waals surface area (Å²) in [6.07, 6.45) is 4.67. The average Bonchev–Trinajstić information content (AvgIpc) is 2.82. The Labute approximate surface area is 115 Å². The Morgan fingerprint density at radius 3 is 3.06 bits per heavy atom. The van der Waals surface area contributed by atoms with Crippen molar-refractivity contribution < 1.29 is 4.79 Å². The van der Waals surface area contributed by atoms with Crippen LogP contribution in [0.4, 0.5) is 5.13 Å². The molecule has 1 aliphatic carbocycles. The highest BCUT2D eigenvalue weighted by Crippen LogP contribution is 2.29. The lowest BCUT2D eigenvalue weighted by atomic mass is 10.0. The van der Waals surface area contributed by atoms with Crippen molar-refractivity contribution in [3.8, 4) is 0 Å². The van der Waals surface area contributed by atoms with E-state index in [0.717, 1.165) is 36.0 Å². The van der Waals surface area contributed by atoms with Gasteiger partial charge in [-0.3, -0.25) is 4.79 Å². The summed E-state index contributed by atoms with van der Waals surface area (Å²) >= 11 is 3.48. The van der Waals surface area contributed by atoms with Crippen LogP contribution >= 0.6 is 23.1 Å². The first-order valence-electron chi connectivity index (χ1n) is 6.43. The number of nitrogens with zero attached hydrogens (tertiary/aromatic N) is 1. The number of thioether (sulfide) groups is 1. The molecule has 1 aliphatic heterocycles. The van der Waals surface area contributed by atoms with Crippen molar-refractivity contribution in [1.29, 1.82) is 0 Å². The molecule has 0 bridgehead atoms. The van der Waals surface area contributed by atoms with Crippen LogP contribution in [0.1, 0.15) is 23.4 Å². The minimum absolute atomic E-state index is 0.0632. The molecule has 1 amide bonds. The number of fused-ring (bicyclic) bond motifs is 1. The van der Waals surface area contributed by atoms with Gasteiger partial charge in [0.05, 0.1) is 11.7 Å². The highest BCUT2D eigenvalue weighted by atomic mass is 32.2. The highest BCUT2D eigenvalue weighted by molar-refractivity contribution is 7.99. The fraction of sp³-hybridized carbons (Fsp3) is 0.667. The lowest BCUT2D eigenvalue weighted by Gasteiger charge is -2.21. The molecular weight excluding hydrogens is 266 g/mol. The maximum atomic E-state index is 12.1. The molecule has 1 aromatic rings. The minimum atomic E-state index is -0.0651. The molecule has 3 rings (SSSR count). The molecule has 1 saturated heterocycles. The van der Waals surface area contributed by atoms with Gasteiger partial charge in [0.2, 0.25) is 5.91 Å². The van der Waals surface area contributed by atoms with E-state index in [9.17, 15) is 4.79 Å². The van der Waals surface area contributed by atoms with Crippen molar-refractivity contribution in [2.45, 2.75) is 31.7 Å². The van der Waals surface area contributed by atoms with Crippen molar-refractivity contribution in [3.63, 3.8) is 0 Å².